The summed E-state index contributed by atoms with van der Waals surface area (Å²) in [6.45, 7) is 5.75. The van der Waals surface area contributed by atoms with E-state index in [0.29, 0.717) is 19.1 Å². The summed E-state index contributed by atoms with van der Waals surface area (Å²) in [4.78, 5) is 26.2. The second-order valence-electron chi connectivity index (χ2n) is 6.48. The largest absolute Gasteiger partial charge is 0.450 e. The van der Waals surface area contributed by atoms with Gasteiger partial charge in [0.15, 0.2) is 0 Å². The fourth-order valence-corrected chi connectivity index (χ4v) is 3.58. The highest BCUT2D eigenvalue weighted by Crippen LogP contribution is 2.27. The van der Waals surface area contributed by atoms with Crippen molar-refractivity contribution in [2.45, 2.75) is 58.4 Å². The standard InChI is InChI=1S/C16H28N2O3/c1-3-21-16(20)17-14-9-12(2)10-18(11-14)15(19)13-7-5-4-6-8-13/h12-14H,3-11H2,1-2H3,(H,17,20). The van der Waals surface area contributed by atoms with Crippen LogP contribution in [-0.2, 0) is 9.53 Å². The second kappa shape index (κ2) is 7.66. The summed E-state index contributed by atoms with van der Waals surface area (Å²) in [6.07, 6.45) is 6.19. The minimum absolute atomic E-state index is 0.0142. The Balaban J connectivity index is 1.90. The van der Waals surface area contributed by atoms with Crippen LogP contribution in [0.15, 0.2) is 0 Å². The average molecular weight is 296 g/mol. The minimum atomic E-state index is -0.373. The molecule has 2 unspecified atom stereocenters. The molecule has 2 aliphatic rings. The molecule has 0 bridgehead atoms. The van der Waals surface area contributed by atoms with Crippen LogP contribution in [0.25, 0.3) is 0 Å². The number of piperidine rings is 1. The van der Waals surface area contributed by atoms with Gasteiger partial charge in [-0.2, -0.15) is 0 Å². The number of carbonyl (C=O) groups is 2. The van der Waals surface area contributed by atoms with Gasteiger partial charge >= 0.3 is 6.09 Å². The number of ether oxygens (including phenoxy) is 1. The molecule has 1 heterocycles. The van der Waals surface area contributed by atoms with Gasteiger partial charge in [0.1, 0.15) is 0 Å². The summed E-state index contributed by atoms with van der Waals surface area (Å²) in [5.41, 5.74) is 0. The van der Waals surface area contributed by atoms with Gasteiger partial charge in [-0.1, -0.05) is 26.2 Å². The van der Waals surface area contributed by atoms with Crippen molar-refractivity contribution in [1.82, 2.24) is 10.2 Å². The quantitative estimate of drug-likeness (QED) is 0.870. The Kier molecular flexibility index (Phi) is 5.88. The van der Waals surface area contributed by atoms with Crippen molar-refractivity contribution < 1.29 is 14.3 Å². The summed E-state index contributed by atoms with van der Waals surface area (Å²) in [6, 6.07) is 0.0142. The Hall–Kier alpha value is -1.26. The lowest BCUT2D eigenvalue weighted by molar-refractivity contribution is -0.138. The SMILES string of the molecule is CCOC(=O)NC1CC(C)CN(C(=O)C2CCCCC2)C1. The van der Waals surface area contributed by atoms with Crippen LogP contribution in [0.3, 0.4) is 0 Å². The van der Waals surface area contributed by atoms with Crippen LogP contribution in [0.5, 0.6) is 0 Å². The molecule has 0 spiro atoms. The van der Waals surface area contributed by atoms with Gasteiger partial charge < -0.3 is 15.0 Å². The molecule has 0 aromatic heterocycles. The highest BCUT2D eigenvalue weighted by Gasteiger charge is 2.32. The first-order valence-corrected chi connectivity index (χ1v) is 8.32. The summed E-state index contributed by atoms with van der Waals surface area (Å²) < 4.78 is 4.94. The summed E-state index contributed by atoms with van der Waals surface area (Å²) in [5.74, 6) is 0.905. The number of carbonyl (C=O) groups excluding carboxylic acids is 2. The molecule has 0 radical (unpaired) electrons. The van der Waals surface area contributed by atoms with Gasteiger partial charge in [0.2, 0.25) is 5.91 Å². The number of rotatable bonds is 3. The maximum Gasteiger partial charge on any atom is 0.407 e. The predicted octanol–water partition coefficient (Wildman–Crippen LogP) is 2.55. The van der Waals surface area contributed by atoms with Crippen molar-refractivity contribution >= 4 is 12.0 Å². The maximum atomic E-state index is 12.6. The number of hydrogen-bond acceptors (Lipinski definition) is 3. The van der Waals surface area contributed by atoms with Gasteiger partial charge in [-0.15, -0.1) is 0 Å². The smallest absolute Gasteiger partial charge is 0.407 e. The van der Waals surface area contributed by atoms with Gasteiger partial charge in [0.25, 0.3) is 0 Å². The van der Waals surface area contributed by atoms with E-state index < -0.39 is 0 Å². The zero-order chi connectivity index (χ0) is 15.2. The zero-order valence-corrected chi connectivity index (χ0v) is 13.3. The molecular weight excluding hydrogens is 268 g/mol. The number of nitrogens with zero attached hydrogens (tertiary/aromatic N) is 1. The Labute approximate surface area is 127 Å². The third-order valence-electron chi connectivity index (χ3n) is 4.52. The van der Waals surface area contributed by atoms with E-state index in [1.54, 1.807) is 6.92 Å². The third-order valence-corrected chi connectivity index (χ3v) is 4.52. The van der Waals surface area contributed by atoms with Crippen molar-refractivity contribution in [3.8, 4) is 0 Å². The molecule has 120 valence electrons. The van der Waals surface area contributed by atoms with Crippen LogP contribution in [0.2, 0.25) is 0 Å². The molecular formula is C16H28N2O3. The molecule has 1 N–H and O–H groups in total. The number of likely N-dealkylation sites (tertiary alicyclic amines) is 1. The topological polar surface area (TPSA) is 58.6 Å². The maximum absolute atomic E-state index is 12.6. The number of hydrogen-bond donors (Lipinski definition) is 1. The predicted molar refractivity (Wildman–Crippen MR) is 80.9 cm³/mol. The fourth-order valence-electron chi connectivity index (χ4n) is 3.58. The average Bonchev–Trinajstić information content (AvgIpc) is 2.47. The molecule has 1 aliphatic heterocycles. The van der Waals surface area contributed by atoms with Crippen molar-refractivity contribution in [1.29, 1.82) is 0 Å². The third kappa shape index (κ3) is 4.61. The number of alkyl carbamates (subject to hydrolysis) is 1. The monoisotopic (exact) mass is 296 g/mol. The van der Waals surface area contributed by atoms with E-state index in [2.05, 4.69) is 12.2 Å². The summed E-state index contributed by atoms with van der Waals surface area (Å²) >= 11 is 0. The van der Waals surface area contributed by atoms with Gasteiger partial charge in [-0.25, -0.2) is 4.79 Å². The second-order valence-corrected chi connectivity index (χ2v) is 6.48. The number of nitrogens with one attached hydrogen (secondary N) is 1. The molecule has 2 rings (SSSR count). The Morgan fingerprint density at radius 2 is 1.90 bits per heavy atom. The molecule has 1 aliphatic carbocycles. The first-order chi connectivity index (χ1) is 10.1. The molecule has 5 nitrogen and oxygen atoms in total. The van der Waals surface area contributed by atoms with E-state index in [1.165, 1.54) is 19.3 Å². The molecule has 1 saturated heterocycles. The first kappa shape index (κ1) is 16.1. The summed E-state index contributed by atoms with van der Waals surface area (Å²) in [7, 11) is 0. The highest BCUT2D eigenvalue weighted by molar-refractivity contribution is 5.79. The van der Waals surface area contributed by atoms with E-state index in [4.69, 9.17) is 4.74 Å². The van der Waals surface area contributed by atoms with Gasteiger partial charge in [0.05, 0.1) is 12.6 Å². The van der Waals surface area contributed by atoms with E-state index >= 15 is 0 Å². The van der Waals surface area contributed by atoms with Crippen LogP contribution in [0.1, 0.15) is 52.4 Å². The molecule has 0 aromatic carbocycles. The van der Waals surface area contributed by atoms with Gasteiger partial charge in [-0.3, -0.25) is 4.79 Å². The fraction of sp³-hybridized carbons (Fsp3) is 0.875. The van der Waals surface area contributed by atoms with Crippen LogP contribution in [0, 0.1) is 11.8 Å². The highest BCUT2D eigenvalue weighted by atomic mass is 16.5. The lowest BCUT2D eigenvalue weighted by atomic mass is 9.87. The Morgan fingerprint density at radius 3 is 2.57 bits per heavy atom. The van der Waals surface area contributed by atoms with Crippen LogP contribution in [-0.4, -0.2) is 42.6 Å². The molecule has 5 heteroatoms. The molecule has 21 heavy (non-hydrogen) atoms. The molecule has 1 saturated carbocycles. The normalized spacial score (nSPS) is 27.2. The van der Waals surface area contributed by atoms with Gasteiger partial charge in [-0.05, 0) is 32.1 Å². The zero-order valence-electron chi connectivity index (χ0n) is 13.3. The van der Waals surface area contributed by atoms with Crippen LogP contribution < -0.4 is 5.32 Å². The van der Waals surface area contributed by atoms with E-state index in [-0.39, 0.29) is 24.0 Å². The minimum Gasteiger partial charge on any atom is -0.450 e. The van der Waals surface area contributed by atoms with Crippen LogP contribution >= 0.6 is 0 Å². The van der Waals surface area contributed by atoms with Crippen molar-refractivity contribution in [2.75, 3.05) is 19.7 Å². The molecule has 2 atom stereocenters. The number of amides is 2. The van der Waals surface area contributed by atoms with Gasteiger partial charge in [0, 0.05) is 19.0 Å². The molecule has 2 amide bonds. The van der Waals surface area contributed by atoms with E-state index in [9.17, 15) is 9.59 Å². The summed E-state index contributed by atoms with van der Waals surface area (Å²) in [5, 5.41) is 2.88. The molecule has 2 fully saturated rings. The molecule has 0 aromatic rings. The lowest BCUT2D eigenvalue weighted by Gasteiger charge is -2.38. The first-order valence-electron chi connectivity index (χ1n) is 8.32. The van der Waals surface area contributed by atoms with Crippen molar-refractivity contribution in [3.05, 3.63) is 0 Å². The van der Waals surface area contributed by atoms with Crippen molar-refractivity contribution in [2.24, 2.45) is 11.8 Å². The van der Waals surface area contributed by atoms with E-state index in [0.717, 1.165) is 25.8 Å². The van der Waals surface area contributed by atoms with Crippen molar-refractivity contribution in [3.63, 3.8) is 0 Å². The Bertz CT molecular complexity index is 367. The Morgan fingerprint density at radius 1 is 1.19 bits per heavy atom. The lowest BCUT2D eigenvalue weighted by Crippen LogP contribution is -2.53. The van der Waals surface area contributed by atoms with Crippen LogP contribution in [0.4, 0.5) is 4.79 Å². The van der Waals surface area contributed by atoms with E-state index in [1.807, 2.05) is 4.90 Å².